The summed E-state index contributed by atoms with van der Waals surface area (Å²) in [6.07, 6.45) is 2.06. The molecule has 2 rings (SSSR count). The van der Waals surface area contributed by atoms with Gasteiger partial charge in [-0.1, -0.05) is 55.8 Å². The van der Waals surface area contributed by atoms with Gasteiger partial charge in [0, 0.05) is 5.03 Å². The summed E-state index contributed by atoms with van der Waals surface area (Å²) in [5.74, 6) is -0.308. The summed E-state index contributed by atoms with van der Waals surface area (Å²) in [5, 5.41) is 2.99. The Kier molecular flexibility index (Phi) is 4.37. The lowest BCUT2D eigenvalue weighted by Gasteiger charge is -2.22. The average molecular weight is 307 g/mol. The zero-order valence-corrected chi connectivity index (χ0v) is 13.0. The first kappa shape index (κ1) is 15.6. The van der Waals surface area contributed by atoms with E-state index in [0.717, 1.165) is 23.3 Å². The SMILES string of the molecule is C=C(Cl)CN1C(=O)NC(C)(c2ccc(CCC)cc2)C1=O. The summed E-state index contributed by atoms with van der Waals surface area (Å²) in [5.41, 5.74) is 0.935. The highest BCUT2D eigenvalue weighted by Gasteiger charge is 2.48. The van der Waals surface area contributed by atoms with Crippen molar-refractivity contribution in [2.45, 2.75) is 32.2 Å². The molecule has 1 unspecified atom stereocenters. The third-order valence-electron chi connectivity index (χ3n) is 3.67. The Hall–Kier alpha value is -1.81. The van der Waals surface area contributed by atoms with Gasteiger partial charge in [0.1, 0.15) is 5.54 Å². The van der Waals surface area contributed by atoms with E-state index >= 15 is 0 Å². The number of benzene rings is 1. The van der Waals surface area contributed by atoms with Crippen molar-refractivity contribution in [2.75, 3.05) is 6.54 Å². The molecule has 0 saturated carbocycles. The van der Waals surface area contributed by atoms with Crippen molar-refractivity contribution in [1.82, 2.24) is 10.2 Å². The van der Waals surface area contributed by atoms with Crippen LogP contribution in [0.15, 0.2) is 35.9 Å². The molecule has 1 aromatic carbocycles. The highest BCUT2D eigenvalue weighted by molar-refractivity contribution is 6.30. The number of imide groups is 1. The van der Waals surface area contributed by atoms with Crippen LogP contribution in [0.3, 0.4) is 0 Å². The number of rotatable bonds is 5. The molecule has 1 heterocycles. The van der Waals surface area contributed by atoms with Gasteiger partial charge < -0.3 is 5.32 Å². The lowest BCUT2D eigenvalue weighted by Crippen LogP contribution is -2.41. The molecular formula is C16H19ClN2O2. The van der Waals surface area contributed by atoms with E-state index in [4.69, 9.17) is 11.6 Å². The Morgan fingerprint density at radius 2 is 1.95 bits per heavy atom. The molecule has 4 nitrogen and oxygen atoms in total. The van der Waals surface area contributed by atoms with Crippen LogP contribution in [0.25, 0.3) is 0 Å². The second-order valence-corrected chi connectivity index (χ2v) is 5.95. The van der Waals surface area contributed by atoms with E-state index in [1.54, 1.807) is 6.92 Å². The van der Waals surface area contributed by atoms with E-state index in [-0.39, 0.29) is 17.5 Å². The Balaban J connectivity index is 2.27. The van der Waals surface area contributed by atoms with Crippen molar-refractivity contribution < 1.29 is 9.59 Å². The Labute approximate surface area is 129 Å². The van der Waals surface area contributed by atoms with Gasteiger partial charge in [0.15, 0.2) is 0 Å². The summed E-state index contributed by atoms with van der Waals surface area (Å²) < 4.78 is 0. The second-order valence-electron chi connectivity index (χ2n) is 5.41. The van der Waals surface area contributed by atoms with Crippen LogP contribution in [0.5, 0.6) is 0 Å². The predicted molar refractivity (Wildman–Crippen MR) is 83.0 cm³/mol. The first-order valence-electron chi connectivity index (χ1n) is 6.95. The maximum absolute atomic E-state index is 12.5. The van der Waals surface area contributed by atoms with Crippen LogP contribution < -0.4 is 5.32 Å². The topological polar surface area (TPSA) is 49.4 Å². The van der Waals surface area contributed by atoms with Crippen LogP contribution in [0.4, 0.5) is 4.79 Å². The molecule has 3 amide bonds. The molecule has 5 heteroatoms. The summed E-state index contributed by atoms with van der Waals surface area (Å²) in [7, 11) is 0. The zero-order chi connectivity index (χ0) is 15.6. The molecule has 1 N–H and O–H groups in total. The highest BCUT2D eigenvalue weighted by Crippen LogP contribution is 2.29. The van der Waals surface area contributed by atoms with Crippen LogP contribution in [0, 0.1) is 0 Å². The minimum Gasteiger partial charge on any atom is -0.319 e. The fourth-order valence-corrected chi connectivity index (χ4v) is 2.62. The zero-order valence-electron chi connectivity index (χ0n) is 12.3. The van der Waals surface area contributed by atoms with Crippen molar-refractivity contribution in [3.05, 3.63) is 47.0 Å². The maximum atomic E-state index is 12.5. The van der Waals surface area contributed by atoms with E-state index < -0.39 is 11.6 Å². The summed E-state index contributed by atoms with van der Waals surface area (Å²) in [6, 6.07) is 7.32. The Morgan fingerprint density at radius 1 is 1.33 bits per heavy atom. The molecule has 1 atom stereocenters. The third-order valence-corrected chi connectivity index (χ3v) is 3.79. The van der Waals surface area contributed by atoms with Crippen molar-refractivity contribution in [2.24, 2.45) is 0 Å². The molecule has 112 valence electrons. The molecule has 0 radical (unpaired) electrons. The molecule has 0 spiro atoms. The monoisotopic (exact) mass is 306 g/mol. The molecule has 1 saturated heterocycles. The maximum Gasteiger partial charge on any atom is 0.325 e. The van der Waals surface area contributed by atoms with Gasteiger partial charge in [-0.15, -0.1) is 0 Å². The third kappa shape index (κ3) is 2.95. The number of aryl methyl sites for hydroxylation is 1. The Bertz CT molecular complexity index is 582. The molecule has 0 aliphatic carbocycles. The standard InChI is InChI=1S/C16H19ClN2O2/c1-4-5-12-6-8-13(9-7-12)16(3)14(20)19(10-11(2)17)15(21)18-16/h6-9H,2,4-5,10H2,1,3H3,(H,18,21). The molecule has 21 heavy (non-hydrogen) atoms. The van der Waals surface area contributed by atoms with Gasteiger partial charge >= 0.3 is 6.03 Å². The van der Waals surface area contributed by atoms with Gasteiger partial charge in [-0.25, -0.2) is 4.79 Å². The van der Waals surface area contributed by atoms with E-state index in [9.17, 15) is 9.59 Å². The fourth-order valence-electron chi connectivity index (χ4n) is 2.50. The van der Waals surface area contributed by atoms with E-state index in [1.807, 2.05) is 24.3 Å². The first-order valence-corrected chi connectivity index (χ1v) is 7.33. The minimum absolute atomic E-state index is 0.0235. The quantitative estimate of drug-likeness (QED) is 0.850. The number of amides is 3. The Morgan fingerprint density at radius 3 is 2.48 bits per heavy atom. The van der Waals surface area contributed by atoms with Crippen molar-refractivity contribution in [3.63, 3.8) is 0 Å². The van der Waals surface area contributed by atoms with Crippen LogP contribution in [0.2, 0.25) is 0 Å². The van der Waals surface area contributed by atoms with E-state index in [2.05, 4.69) is 18.8 Å². The van der Waals surface area contributed by atoms with Crippen LogP contribution in [-0.4, -0.2) is 23.4 Å². The lowest BCUT2D eigenvalue weighted by atomic mass is 9.91. The number of carbonyl (C=O) groups excluding carboxylic acids is 2. The molecule has 1 aromatic rings. The molecule has 1 aliphatic rings. The van der Waals surface area contributed by atoms with Gasteiger partial charge in [-0.2, -0.15) is 0 Å². The van der Waals surface area contributed by atoms with Gasteiger partial charge in [0.2, 0.25) is 0 Å². The van der Waals surface area contributed by atoms with E-state index in [0.29, 0.717) is 0 Å². The largest absolute Gasteiger partial charge is 0.325 e. The first-order chi connectivity index (χ1) is 9.88. The lowest BCUT2D eigenvalue weighted by molar-refractivity contribution is -0.130. The number of halogens is 1. The van der Waals surface area contributed by atoms with Crippen molar-refractivity contribution in [1.29, 1.82) is 0 Å². The number of nitrogens with one attached hydrogen (secondary N) is 1. The van der Waals surface area contributed by atoms with Crippen LogP contribution in [-0.2, 0) is 16.8 Å². The molecule has 0 aromatic heterocycles. The van der Waals surface area contributed by atoms with Gasteiger partial charge in [-0.3, -0.25) is 9.69 Å². The smallest absolute Gasteiger partial charge is 0.319 e. The van der Waals surface area contributed by atoms with Crippen LogP contribution in [0.1, 0.15) is 31.4 Å². The molecular weight excluding hydrogens is 288 g/mol. The number of hydrogen-bond donors (Lipinski definition) is 1. The molecule has 1 aliphatic heterocycles. The average Bonchev–Trinajstić information content (AvgIpc) is 2.64. The van der Waals surface area contributed by atoms with Crippen molar-refractivity contribution in [3.8, 4) is 0 Å². The van der Waals surface area contributed by atoms with Crippen LogP contribution >= 0.6 is 11.6 Å². The number of carbonyl (C=O) groups is 2. The number of hydrogen-bond acceptors (Lipinski definition) is 2. The number of nitrogens with zero attached hydrogens (tertiary/aromatic N) is 1. The summed E-state index contributed by atoms with van der Waals surface area (Å²) >= 11 is 5.71. The van der Waals surface area contributed by atoms with Crippen molar-refractivity contribution >= 4 is 23.5 Å². The van der Waals surface area contributed by atoms with Gasteiger partial charge in [-0.05, 0) is 24.5 Å². The van der Waals surface area contributed by atoms with Gasteiger partial charge in [0.05, 0.1) is 6.54 Å². The fraction of sp³-hybridized carbons (Fsp3) is 0.375. The normalized spacial score (nSPS) is 21.6. The van der Waals surface area contributed by atoms with Gasteiger partial charge in [0.25, 0.3) is 5.91 Å². The van der Waals surface area contributed by atoms with E-state index in [1.165, 1.54) is 5.56 Å². The highest BCUT2D eigenvalue weighted by atomic mass is 35.5. The summed E-state index contributed by atoms with van der Waals surface area (Å²) in [4.78, 5) is 25.6. The number of urea groups is 1. The minimum atomic E-state index is -1.05. The summed E-state index contributed by atoms with van der Waals surface area (Å²) in [6.45, 7) is 7.38. The molecule has 1 fully saturated rings. The second kappa shape index (κ2) is 5.90. The predicted octanol–water partition coefficient (Wildman–Crippen LogP) is 3.16. The molecule has 0 bridgehead atoms.